The smallest absolute Gasteiger partial charge is 0.316 e. The summed E-state index contributed by atoms with van der Waals surface area (Å²) in [6.45, 7) is 0. The molecule has 0 aromatic carbocycles. The summed E-state index contributed by atoms with van der Waals surface area (Å²) < 4.78 is 36.9. The van der Waals surface area contributed by atoms with Crippen LogP contribution in [0.1, 0.15) is 10.4 Å². The lowest BCUT2D eigenvalue weighted by Gasteiger charge is -2.06. The zero-order chi connectivity index (χ0) is 13.2. The highest BCUT2D eigenvalue weighted by Crippen LogP contribution is 2.29. The number of nitrogens with zero attached hydrogens (tertiary/aromatic N) is 3. The second-order valence-electron chi connectivity index (χ2n) is 3.20. The summed E-state index contributed by atoms with van der Waals surface area (Å²) in [6.07, 6.45) is -2.29. The van der Waals surface area contributed by atoms with Gasteiger partial charge in [-0.1, -0.05) is 11.3 Å². The van der Waals surface area contributed by atoms with E-state index in [9.17, 15) is 13.2 Å². The second-order valence-corrected chi connectivity index (χ2v) is 4.23. The Hall–Kier alpha value is -2.14. The van der Waals surface area contributed by atoms with Crippen LogP contribution in [0.3, 0.4) is 0 Å². The minimum atomic E-state index is -4.40. The summed E-state index contributed by atoms with van der Waals surface area (Å²) in [6, 6.07) is 4.04. The van der Waals surface area contributed by atoms with Gasteiger partial charge in [0.05, 0.1) is 11.8 Å². The lowest BCUT2D eigenvalue weighted by molar-refractivity contribution is -0.137. The third-order valence-electron chi connectivity index (χ3n) is 1.94. The average molecular weight is 270 g/mol. The molecule has 0 bridgehead atoms. The van der Waals surface area contributed by atoms with E-state index in [1.807, 2.05) is 6.07 Å². The molecule has 0 aliphatic carbocycles. The highest BCUT2D eigenvalue weighted by Gasteiger charge is 2.30. The topological polar surface area (TPSA) is 61.6 Å². The summed E-state index contributed by atoms with van der Waals surface area (Å²) in [5.41, 5.74) is -0.815. The van der Waals surface area contributed by atoms with Gasteiger partial charge < -0.3 is 5.32 Å². The first-order valence-corrected chi connectivity index (χ1v) is 5.47. The van der Waals surface area contributed by atoms with Crippen LogP contribution >= 0.6 is 11.3 Å². The molecule has 0 saturated carbocycles. The van der Waals surface area contributed by atoms with E-state index in [1.165, 1.54) is 12.3 Å². The van der Waals surface area contributed by atoms with Crippen LogP contribution in [0, 0.1) is 11.3 Å². The summed E-state index contributed by atoms with van der Waals surface area (Å²) in [7, 11) is 0. The quantitative estimate of drug-likeness (QED) is 0.910. The van der Waals surface area contributed by atoms with E-state index in [0.717, 1.165) is 23.6 Å². The highest BCUT2D eigenvalue weighted by molar-refractivity contribution is 7.16. The van der Waals surface area contributed by atoms with Crippen LogP contribution < -0.4 is 5.32 Å². The van der Waals surface area contributed by atoms with Crippen molar-refractivity contribution in [1.29, 1.82) is 5.26 Å². The van der Waals surface area contributed by atoms with Gasteiger partial charge in [0.25, 0.3) is 0 Å². The number of thiazole rings is 1. The average Bonchev–Trinajstić information content (AvgIpc) is 2.76. The molecule has 0 atom stereocenters. The number of pyridine rings is 1. The standard InChI is InChI=1S/C10H5F3N4S/c11-10(12,13)6-1-2-8(15-4-6)17-9-16-5-7(3-14)18-9/h1-2,4-5H,(H,15,16,17). The van der Waals surface area contributed by atoms with Crippen LogP contribution in [0.25, 0.3) is 0 Å². The van der Waals surface area contributed by atoms with Crippen molar-refractivity contribution in [3.63, 3.8) is 0 Å². The number of alkyl halides is 3. The first-order valence-electron chi connectivity index (χ1n) is 4.65. The van der Waals surface area contributed by atoms with E-state index in [0.29, 0.717) is 10.0 Å². The third kappa shape index (κ3) is 2.75. The summed E-state index contributed by atoms with van der Waals surface area (Å²) in [5, 5.41) is 11.7. The Bertz CT molecular complexity index is 582. The van der Waals surface area contributed by atoms with Gasteiger partial charge in [0, 0.05) is 6.20 Å². The third-order valence-corrected chi connectivity index (χ3v) is 2.76. The van der Waals surface area contributed by atoms with Gasteiger partial charge in [-0.15, -0.1) is 0 Å². The molecule has 2 aromatic rings. The van der Waals surface area contributed by atoms with Gasteiger partial charge in [-0.3, -0.25) is 0 Å². The molecule has 2 rings (SSSR count). The van der Waals surface area contributed by atoms with E-state index < -0.39 is 11.7 Å². The van der Waals surface area contributed by atoms with Crippen molar-refractivity contribution in [3.8, 4) is 6.07 Å². The summed E-state index contributed by atoms with van der Waals surface area (Å²) in [5.74, 6) is 0.238. The van der Waals surface area contributed by atoms with Crippen molar-refractivity contribution in [3.05, 3.63) is 35.0 Å². The molecule has 2 heterocycles. The molecule has 92 valence electrons. The molecular formula is C10H5F3N4S. The van der Waals surface area contributed by atoms with Crippen molar-refractivity contribution >= 4 is 22.3 Å². The Kier molecular flexibility index (Phi) is 3.16. The maximum atomic E-state index is 12.3. The van der Waals surface area contributed by atoms with Crippen LogP contribution in [0.2, 0.25) is 0 Å². The van der Waals surface area contributed by atoms with Crippen molar-refractivity contribution in [2.75, 3.05) is 5.32 Å². The van der Waals surface area contributed by atoms with E-state index >= 15 is 0 Å². The normalized spacial score (nSPS) is 11.0. The Morgan fingerprint density at radius 3 is 2.50 bits per heavy atom. The molecule has 0 fully saturated rings. The van der Waals surface area contributed by atoms with Crippen LogP contribution in [-0.4, -0.2) is 9.97 Å². The van der Waals surface area contributed by atoms with Crippen LogP contribution in [0.5, 0.6) is 0 Å². The second kappa shape index (κ2) is 4.62. The maximum Gasteiger partial charge on any atom is 0.417 e. The SMILES string of the molecule is N#Cc1cnc(Nc2ccc(C(F)(F)F)cn2)s1. The predicted molar refractivity (Wildman–Crippen MR) is 59.4 cm³/mol. The minimum absolute atomic E-state index is 0.238. The molecular weight excluding hydrogens is 265 g/mol. The first-order chi connectivity index (χ1) is 8.49. The minimum Gasteiger partial charge on any atom is -0.316 e. The number of nitrogens with one attached hydrogen (secondary N) is 1. The Morgan fingerprint density at radius 2 is 2.00 bits per heavy atom. The highest BCUT2D eigenvalue weighted by atomic mass is 32.1. The number of nitriles is 1. The lowest BCUT2D eigenvalue weighted by Crippen LogP contribution is -2.05. The molecule has 2 aromatic heterocycles. The van der Waals surface area contributed by atoms with Gasteiger partial charge in [0.2, 0.25) is 0 Å². The molecule has 0 amide bonds. The fourth-order valence-corrected chi connectivity index (χ4v) is 1.75. The fourth-order valence-electron chi connectivity index (χ4n) is 1.13. The largest absolute Gasteiger partial charge is 0.417 e. The monoisotopic (exact) mass is 270 g/mol. The Balaban J connectivity index is 2.14. The molecule has 0 spiro atoms. The van der Waals surface area contributed by atoms with Crippen LogP contribution in [0.4, 0.5) is 24.1 Å². The Morgan fingerprint density at radius 1 is 1.22 bits per heavy atom. The maximum absolute atomic E-state index is 12.3. The number of aromatic nitrogens is 2. The molecule has 0 saturated heterocycles. The zero-order valence-electron chi connectivity index (χ0n) is 8.69. The van der Waals surface area contributed by atoms with Crippen molar-refractivity contribution < 1.29 is 13.2 Å². The van der Waals surface area contributed by atoms with E-state index in [2.05, 4.69) is 15.3 Å². The van der Waals surface area contributed by atoms with Crippen molar-refractivity contribution in [1.82, 2.24) is 9.97 Å². The van der Waals surface area contributed by atoms with Crippen molar-refractivity contribution in [2.24, 2.45) is 0 Å². The number of hydrogen-bond donors (Lipinski definition) is 1. The number of rotatable bonds is 2. The van der Waals surface area contributed by atoms with Gasteiger partial charge in [-0.25, -0.2) is 9.97 Å². The van der Waals surface area contributed by atoms with E-state index in [1.54, 1.807) is 0 Å². The number of hydrogen-bond acceptors (Lipinski definition) is 5. The predicted octanol–water partition coefficient (Wildman–Crippen LogP) is 3.17. The summed E-state index contributed by atoms with van der Waals surface area (Å²) >= 11 is 1.09. The van der Waals surface area contributed by atoms with Gasteiger partial charge in [0.15, 0.2) is 5.13 Å². The summed E-state index contributed by atoms with van der Waals surface area (Å²) in [4.78, 5) is 7.91. The van der Waals surface area contributed by atoms with Gasteiger partial charge in [-0.05, 0) is 12.1 Å². The lowest BCUT2D eigenvalue weighted by atomic mass is 10.3. The van der Waals surface area contributed by atoms with E-state index in [4.69, 9.17) is 5.26 Å². The zero-order valence-corrected chi connectivity index (χ0v) is 9.51. The van der Waals surface area contributed by atoms with Gasteiger partial charge >= 0.3 is 6.18 Å². The number of anilines is 2. The van der Waals surface area contributed by atoms with Crippen molar-refractivity contribution in [2.45, 2.75) is 6.18 Å². The Labute approximate surface area is 104 Å². The molecule has 8 heteroatoms. The fraction of sp³-hybridized carbons (Fsp3) is 0.100. The van der Waals surface area contributed by atoms with E-state index in [-0.39, 0.29) is 5.82 Å². The first kappa shape index (κ1) is 12.3. The molecule has 0 aliphatic rings. The molecule has 0 unspecified atom stereocenters. The molecule has 1 N–H and O–H groups in total. The number of halogens is 3. The van der Waals surface area contributed by atoms with Crippen LogP contribution in [-0.2, 0) is 6.18 Å². The van der Waals surface area contributed by atoms with Crippen LogP contribution in [0.15, 0.2) is 24.5 Å². The molecule has 4 nitrogen and oxygen atoms in total. The molecule has 0 aliphatic heterocycles. The van der Waals surface area contributed by atoms with Gasteiger partial charge in [-0.2, -0.15) is 18.4 Å². The van der Waals surface area contributed by atoms with Gasteiger partial charge in [0.1, 0.15) is 16.8 Å². The molecule has 0 radical (unpaired) electrons. The molecule has 18 heavy (non-hydrogen) atoms.